The van der Waals surface area contributed by atoms with Crippen LogP contribution in [0.15, 0.2) is 95.8 Å². The van der Waals surface area contributed by atoms with Crippen molar-refractivity contribution in [1.82, 2.24) is 24.4 Å². The van der Waals surface area contributed by atoms with Gasteiger partial charge in [-0.1, -0.05) is 66.2 Å². The van der Waals surface area contributed by atoms with Crippen LogP contribution in [0.25, 0.3) is 49.5 Å². The van der Waals surface area contributed by atoms with Crippen molar-refractivity contribution >= 4 is 61.4 Å². The number of halogens is 1. The minimum atomic E-state index is -0.360. The minimum Gasteiger partial charge on any atom is -0.324 e. The first-order chi connectivity index (χ1) is 19.5. The summed E-state index contributed by atoms with van der Waals surface area (Å²) < 4.78 is 3.03. The Morgan fingerprint density at radius 2 is 1.55 bits per heavy atom. The first-order valence-corrected chi connectivity index (χ1v) is 13.1. The van der Waals surface area contributed by atoms with Crippen LogP contribution in [0.1, 0.15) is 5.69 Å². The second kappa shape index (κ2) is 9.29. The third-order valence-corrected chi connectivity index (χ3v) is 7.25. The van der Waals surface area contributed by atoms with Gasteiger partial charge >= 0.3 is 0 Å². The molecule has 7 aromatic rings. The number of hydrogen-bond donors (Lipinski definition) is 1. The molecule has 0 saturated carbocycles. The predicted molar refractivity (Wildman–Crippen MR) is 158 cm³/mol. The number of aryl methyl sites for hydroxylation is 1. The Bertz CT molecular complexity index is 2180. The molecule has 194 valence electrons. The summed E-state index contributed by atoms with van der Waals surface area (Å²) in [4.78, 5) is 30.7. The van der Waals surface area contributed by atoms with E-state index in [2.05, 4.69) is 10.4 Å². The number of benzene rings is 4. The van der Waals surface area contributed by atoms with Crippen LogP contribution in [-0.2, 0) is 11.3 Å². The van der Waals surface area contributed by atoms with Crippen molar-refractivity contribution in [3.63, 3.8) is 0 Å². The van der Waals surface area contributed by atoms with Crippen LogP contribution in [0.3, 0.4) is 0 Å². The number of rotatable bonds is 4. The Hall–Kier alpha value is -5.08. The molecule has 3 heterocycles. The maximum absolute atomic E-state index is 12.9. The summed E-state index contributed by atoms with van der Waals surface area (Å²) in [6.07, 6.45) is 0. The molecule has 0 bridgehead atoms. The lowest BCUT2D eigenvalue weighted by Gasteiger charge is -2.09. The summed E-state index contributed by atoms with van der Waals surface area (Å²) in [5.74, 6) is -0.360. The highest BCUT2D eigenvalue weighted by molar-refractivity contribution is 6.30. The molecule has 0 unspecified atom stereocenters. The highest BCUT2D eigenvalue weighted by atomic mass is 35.5. The number of carbonyl (C=O) groups is 1. The summed E-state index contributed by atoms with van der Waals surface area (Å²) in [7, 11) is 0. The van der Waals surface area contributed by atoms with Crippen molar-refractivity contribution in [3.8, 4) is 11.3 Å². The van der Waals surface area contributed by atoms with E-state index in [1.165, 1.54) is 4.68 Å². The number of carbonyl (C=O) groups excluding carboxylic acids is 1. The van der Waals surface area contributed by atoms with Gasteiger partial charge in [0.1, 0.15) is 6.54 Å². The largest absolute Gasteiger partial charge is 0.324 e. The van der Waals surface area contributed by atoms with E-state index < -0.39 is 0 Å². The van der Waals surface area contributed by atoms with Crippen molar-refractivity contribution in [1.29, 1.82) is 0 Å². The summed E-state index contributed by atoms with van der Waals surface area (Å²) in [5, 5.41) is 16.1. The Balaban J connectivity index is 1.26. The number of fused-ring (bicyclic) bond motifs is 6. The van der Waals surface area contributed by atoms with E-state index in [0.717, 1.165) is 32.9 Å². The number of anilines is 1. The molecule has 0 spiro atoms. The number of aromatic nitrogens is 5. The second-order valence-corrected chi connectivity index (χ2v) is 10.0. The van der Waals surface area contributed by atoms with Gasteiger partial charge in [-0.25, -0.2) is 14.2 Å². The number of nitrogens with one attached hydrogen (secondary N) is 1. The number of imidazole rings is 1. The van der Waals surface area contributed by atoms with Crippen molar-refractivity contribution in [2.45, 2.75) is 13.5 Å². The van der Waals surface area contributed by atoms with Gasteiger partial charge in [0.2, 0.25) is 5.91 Å². The summed E-state index contributed by atoms with van der Waals surface area (Å²) >= 11 is 6.12. The van der Waals surface area contributed by atoms with Gasteiger partial charge in [0.15, 0.2) is 5.65 Å². The Morgan fingerprint density at radius 1 is 0.850 bits per heavy atom. The van der Waals surface area contributed by atoms with Crippen LogP contribution >= 0.6 is 11.6 Å². The van der Waals surface area contributed by atoms with E-state index in [1.807, 2.05) is 78.2 Å². The van der Waals surface area contributed by atoms with Crippen LogP contribution in [0.5, 0.6) is 0 Å². The van der Waals surface area contributed by atoms with Crippen LogP contribution in [0.2, 0.25) is 5.02 Å². The normalized spacial score (nSPS) is 11.6. The fourth-order valence-corrected chi connectivity index (χ4v) is 5.25. The molecule has 0 fully saturated rings. The number of amides is 1. The molecular formula is C31H21ClN6O2. The van der Waals surface area contributed by atoms with Crippen molar-refractivity contribution in [2.75, 3.05) is 5.32 Å². The van der Waals surface area contributed by atoms with Gasteiger partial charge in [-0.15, -0.1) is 0 Å². The van der Waals surface area contributed by atoms with Crippen LogP contribution in [-0.4, -0.2) is 30.3 Å². The third-order valence-electron chi connectivity index (χ3n) is 7.00. The van der Waals surface area contributed by atoms with E-state index in [-0.39, 0.29) is 18.0 Å². The van der Waals surface area contributed by atoms with E-state index in [4.69, 9.17) is 21.7 Å². The molecule has 3 aromatic heterocycles. The maximum atomic E-state index is 12.9. The lowest BCUT2D eigenvalue weighted by Crippen LogP contribution is -2.30. The van der Waals surface area contributed by atoms with Gasteiger partial charge in [0.05, 0.1) is 27.8 Å². The zero-order chi connectivity index (χ0) is 27.4. The molecule has 0 aliphatic carbocycles. The molecule has 7 rings (SSSR count). The van der Waals surface area contributed by atoms with Crippen LogP contribution in [0, 0.1) is 6.92 Å². The molecule has 40 heavy (non-hydrogen) atoms. The van der Waals surface area contributed by atoms with E-state index in [1.54, 1.807) is 24.3 Å². The average molecular weight is 545 g/mol. The first kappa shape index (κ1) is 24.0. The fraction of sp³-hybridized carbons (Fsp3) is 0.0645. The topological polar surface area (TPSA) is 94.2 Å². The Kier molecular flexibility index (Phi) is 5.57. The third kappa shape index (κ3) is 3.97. The zero-order valence-electron chi connectivity index (χ0n) is 21.3. The van der Waals surface area contributed by atoms with Crippen molar-refractivity contribution in [3.05, 3.63) is 112 Å². The van der Waals surface area contributed by atoms with Gasteiger partial charge in [-0.3, -0.25) is 9.59 Å². The molecular weight excluding hydrogens is 524 g/mol. The summed E-state index contributed by atoms with van der Waals surface area (Å²) in [6, 6.07) is 28.3. The second-order valence-electron chi connectivity index (χ2n) is 9.59. The number of nitrogens with zero attached hydrogens (tertiary/aromatic N) is 5. The molecule has 0 atom stereocenters. The molecule has 1 N–H and O–H groups in total. The standard InChI is InChI=1S/C31H21ClN6O2/c1-18-22-6-2-5-9-25(22)31(40)37(35-18)17-28(39)33-21-14-15-27-26(16-21)34-30-24-8-4-3-7-23(24)29(36-38(27)30)19-10-12-20(32)13-11-19/h2-16H,17H2,1H3,(H,33,39). The fourth-order valence-electron chi connectivity index (χ4n) is 5.13. The molecule has 1 amide bonds. The van der Waals surface area contributed by atoms with Gasteiger partial charge < -0.3 is 5.32 Å². The average Bonchev–Trinajstić information content (AvgIpc) is 3.34. The van der Waals surface area contributed by atoms with Crippen molar-refractivity contribution in [2.24, 2.45) is 0 Å². The minimum absolute atomic E-state index is 0.204. The lowest BCUT2D eigenvalue weighted by atomic mass is 10.1. The van der Waals surface area contributed by atoms with E-state index in [9.17, 15) is 9.59 Å². The van der Waals surface area contributed by atoms with Gasteiger partial charge in [-0.05, 0) is 43.3 Å². The predicted octanol–water partition coefficient (Wildman–Crippen LogP) is 6.01. The quantitative estimate of drug-likeness (QED) is 0.293. The van der Waals surface area contributed by atoms with Gasteiger partial charge in [0, 0.05) is 32.4 Å². The zero-order valence-corrected chi connectivity index (χ0v) is 22.1. The monoisotopic (exact) mass is 544 g/mol. The first-order valence-electron chi connectivity index (χ1n) is 12.7. The summed E-state index contributed by atoms with van der Waals surface area (Å²) in [5.41, 5.74) is 4.91. The molecule has 0 saturated heterocycles. The van der Waals surface area contributed by atoms with E-state index >= 15 is 0 Å². The molecule has 4 aromatic carbocycles. The summed E-state index contributed by atoms with van der Waals surface area (Å²) in [6.45, 7) is 1.62. The highest BCUT2D eigenvalue weighted by Crippen LogP contribution is 2.32. The Morgan fingerprint density at radius 3 is 2.33 bits per heavy atom. The molecule has 0 radical (unpaired) electrons. The Labute approximate surface area is 232 Å². The van der Waals surface area contributed by atoms with Crippen LogP contribution < -0.4 is 10.9 Å². The van der Waals surface area contributed by atoms with E-state index in [0.29, 0.717) is 33.0 Å². The smallest absolute Gasteiger partial charge is 0.275 e. The molecule has 0 aliphatic heterocycles. The van der Waals surface area contributed by atoms with Crippen molar-refractivity contribution < 1.29 is 4.79 Å². The van der Waals surface area contributed by atoms with Gasteiger partial charge in [0.25, 0.3) is 5.56 Å². The van der Waals surface area contributed by atoms with Gasteiger partial charge in [-0.2, -0.15) is 10.2 Å². The highest BCUT2D eigenvalue weighted by Gasteiger charge is 2.16. The SMILES string of the molecule is Cc1nn(CC(=O)Nc2ccc3c(c2)nc2c4ccccc4c(-c4ccc(Cl)cc4)nn32)c(=O)c2ccccc12. The lowest BCUT2D eigenvalue weighted by molar-refractivity contribution is -0.117. The molecule has 8 nitrogen and oxygen atoms in total. The molecule has 9 heteroatoms. The van der Waals surface area contributed by atoms with Crippen LogP contribution in [0.4, 0.5) is 5.69 Å². The number of hydrogen-bond acceptors (Lipinski definition) is 5. The maximum Gasteiger partial charge on any atom is 0.275 e. The molecule has 0 aliphatic rings.